The topological polar surface area (TPSA) is 61.4 Å². The number of benzene rings is 1. The summed E-state index contributed by atoms with van der Waals surface area (Å²) in [5.74, 6) is 0.781. The lowest BCUT2D eigenvalue weighted by molar-refractivity contribution is 0.241. The van der Waals surface area contributed by atoms with Gasteiger partial charge in [0.05, 0.1) is 0 Å². The van der Waals surface area contributed by atoms with Crippen molar-refractivity contribution in [1.29, 1.82) is 0 Å². The van der Waals surface area contributed by atoms with Crippen LogP contribution in [-0.4, -0.2) is 35.8 Å². The van der Waals surface area contributed by atoms with Gasteiger partial charge >= 0.3 is 6.03 Å². The lowest BCUT2D eigenvalue weighted by atomic mass is 10.1. The van der Waals surface area contributed by atoms with Crippen molar-refractivity contribution in [3.05, 3.63) is 41.8 Å². The first kappa shape index (κ1) is 16.9. The van der Waals surface area contributed by atoms with Gasteiger partial charge in [-0.3, -0.25) is 0 Å². The lowest BCUT2D eigenvalue weighted by Crippen LogP contribution is -2.40. The van der Waals surface area contributed by atoms with Crippen LogP contribution < -0.4 is 10.6 Å². The van der Waals surface area contributed by atoms with E-state index in [0.717, 1.165) is 17.0 Å². The number of thioether (sulfide) groups is 1. The van der Waals surface area contributed by atoms with Crippen LogP contribution in [0.2, 0.25) is 0 Å². The number of amides is 2. The molecule has 0 fully saturated rings. The van der Waals surface area contributed by atoms with Crippen LogP contribution in [0.5, 0.6) is 0 Å². The van der Waals surface area contributed by atoms with Gasteiger partial charge in [0.15, 0.2) is 0 Å². The Balaban J connectivity index is 1.98. The number of aliphatic hydroxyl groups is 1. The van der Waals surface area contributed by atoms with Crippen molar-refractivity contribution in [3.8, 4) is 10.4 Å². The molecule has 0 bridgehead atoms. The fraction of sp³-hybridized carbons (Fsp3) is 0.312. The number of urea groups is 1. The molecule has 1 aromatic carbocycles. The molecule has 2 rings (SSSR count). The van der Waals surface area contributed by atoms with Crippen LogP contribution in [0.4, 0.5) is 10.5 Å². The Morgan fingerprint density at radius 1 is 1.36 bits per heavy atom. The minimum Gasteiger partial charge on any atom is -0.396 e. The first-order chi connectivity index (χ1) is 10.7. The molecule has 2 aromatic rings. The van der Waals surface area contributed by atoms with Crippen LogP contribution in [0, 0.1) is 0 Å². The largest absolute Gasteiger partial charge is 0.396 e. The molecular weight excluding hydrogens is 316 g/mol. The summed E-state index contributed by atoms with van der Waals surface area (Å²) in [4.78, 5) is 13.2. The Hall–Kier alpha value is -1.50. The van der Waals surface area contributed by atoms with Crippen molar-refractivity contribution in [1.82, 2.24) is 5.32 Å². The predicted octanol–water partition coefficient (Wildman–Crippen LogP) is 3.65. The quantitative estimate of drug-likeness (QED) is 0.723. The number of aliphatic hydroxyl groups excluding tert-OH is 1. The zero-order chi connectivity index (χ0) is 15.8. The monoisotopic (exact) mass is 336 g/mol. The van der Waals surface area contributed by atoms with Gasteiger partial charge in [-0.15, -0.1) is 11.3 Å². The molecule has 118 valence electrons. The van der Waals surface area contributed by atoms with E-state index in [0.29, 0.717) is 6.42 Å². The summed E-state index contributed by atoms with van der Waals surface area (Å²) in [7, 11) is 0. The van der Waals surface area contributed by atoms with E-state index >= 15 is 0 Å². The molecule has 1 unspecified atom stereocenters. The van der Waals surface area contributed by atoms with Crippen LogP contribution in [-0.2, 0) is 0 Å². The molecule has 0 aliphatic rings. The van der Waals surface area contributed by atoms with Gasteiger partial charge in [0.1, 0.15) is 0 Å². The van der Waals surface area contributed by atoms with E-state index in [-0.39, 0.29) is 18.7 Å². The van der Waals surface area contributed by atoms with Crippen molar-refractivity contribution in [2.45, 2.75) is 12.5 Å². The molecule has 2 amide bonds. The van der Waals surface area contributed by atoms with Crippen LogP contribution in [0.1, 0.15) is 6.42 Å². The molecule has 6 heteroatoms. The molecule has 0 saturated heterocycles. The van der Waals surface area contributed by atoms with Crippen LogP contribution >= 0.6 is 23.1 Å². The molecule has 0 spiro atoms. The molecule has 22 heavy (non-hydrogen) atoms. The molecule has 4 nitrogen and oxygen atoms in total. The molecule has 0 radical (unpaired) electrons. The Morgan fingerprint density at radius 2 is 2.23 bits per heavy atom. The van der Waals surface area contributed by atoms with E-state index in [1.807, 2.05) is 42.0 Å². The first-order valence-electron chi connectivity index (χ1n) is 7.04. The van der Waals surface area contributed by atoms with Gasteiger partial charge in [-0.1, -0.05) is 18.2 Å². The predicted molar refractivity (Wildman–Crippen MR) is 95.8 cm³/mol. The normalized spacial score (nSPS) is 11.9. The zero-order valence-electron chi connectivity index (χ0n) is 12.4. The van der Waals surface area contributed by atoms with E-state index < -0.39 is 0 Å². The van der Waals surface area contributed by atoms with E-state index in [1.165, 1.54) is 4.88 Å². The summed E-state index contributed by atoms with van der Waals surface area (Å²) < 4.78 is 0. The number of nitrogens with one attached hydrogen (secondary N) is 2. The number of rotatable bonds is 7. The molecule has 0 aliphatic carbocycles. The van der Waals surface area contributed by atoms with Crippen molar-refractivity contribution in [3.63, 3.8) is 0 Å². The number of carbonyl (C=O) groups is 1. The number of thiophene rings is 1. The summed E-state index contributed by atoms with van der Waals surface area (Å²) in [6, 6.07) is 11.6. The summed E-state index contributed by atoms with van der Waals surface area (Å²) in [5.41, 5.74) is 1.85. The highest BCUT2D eigenvalue weighted by Gasteiger charge is 2.11. The molecule has 1 atom stereocenters. The number of anilines is 1. The van der Waals surface area contributed by atoms with Gasteiger partial charge < -0.3 is 15.7 Å². The van der Waals surface area contributed by atoms with Crippen molar-refractivity contribution in [2.24, 2.45) is 0 Å². The average molecular weight is 336 g/mol. The molecule has 3 N–H and O–H groups in total. The first-order valence-corrected chi connectivity index (χ1v) is 9.31. The van der Waals surface area contributed by atoms with Crippen molar-refractivity contribution in [2.75, 3.05) is 23.9 Å². The second-order valence-corrected chi connectivity index (χ2v) is 6.68. The van der Waals surface area contributed by atoms with E-state index in [4.69, 9.17) is 5.11 Å². The Bertz CT molecular complexity index is 582. The van der Waals surface area contributed by atoms with Gasteiger partial charge in [0.25, 0.3) is 0 Å². The lowest BCUT2D eigenvalue weighted by Gasteiger charge is -2.17. The third-order valence-corrected chi connectivity index (χ3v) is 4.76. The molecular formula is C16H20N2O2S2. The Morgan fingerprint density at radius 3 is 2.91 bits per heavy atom. The smallest absolute Gasteiger partial charge is 0.319 e. The number of hydrogen-bond acceptors (Lipinski definition) is 4. The van der Waals surface area contributed by atoms with Crippen molar-refractivity contribution >= 4 is 34.8 Å². The van der Waals surface area contributed by atoms with Gasteiger partial charge in [0, 0.05) is 29.0 Å². The van der Waals surface area contributed by atoms with E-state index in [2.05, 4.69) is 16.7 Å². The Labute approximate surface area is 138 Å². The molecule has 0 saturated carbocycles. The van der Waals surface area contributed by atoms with Crippen molar-refractivity contribution < 1.29 is 9.90 Å². The molecule has 1 heterocycles. The highest BCUT2D eigenvalue weighted by atomic mass is 32.2. The van der Waals surface area contributed by atoms with Gasteiger partial charge in [-0.05, 0) is 41.8 Å². The van der Waals surface area contributed by atoms with Gasteiger partial charge in [-0.2, -0.15) is 11.8 Å². The van der Waals surface area contributed by atoms with Gasteiger partial charge in [-0.25, -0.2) is 4.79 Å². The third kappa shape index (κ3) is 5.05. The number of carbonyl (C=O) groups excluding carboxylic acids is 1. The summed E-state index contributed by atoms with van der Waals surface area (Å²) in [6.45, 7) is 0.0688. The Kier molecular flexibility index (Phi) is 6.76. The maximum atomic E-state index is 12.1. The fourth-order valence-electron chi connectivity index (χ4n) is 2.10. The highest BCUT2D eigenvalue weighted by molar-refractivity contribution is 7.98. The van der Waals surface area contributed by atoms with Crippen LogP contribution in [0.3, 0.4) is 0 Å². The maximum absolute atomic E-state index is 12.1. The summed E-state index contributed by atoms with van der Waals surface area (Å²) in [6.07, 6.45) is 2.54. The SMILES string of the molecule is CSCC(CCO)NC(=O)Nc1cccc(-c2cccs2)c1. The van der Waals surface area contributed by atoms with E-state index in [9.17, 15) is 4.79 Å². The average Bonchev–Trinajstić information content (AvgIpc) is 3.02. The standard InChI is InChI=1S/C16H20N2O2S2/c1-21-11-14(7-8-19)18-16(20)17-13-5-2-4-12(10-13)15-6-3-9-22-15/h2-6,9-10,14,19H,7-8,11H2,1H3,(H2,17,18,20). The third-order valence-electron chi connectivity index (χ3n) is 3.11. The zero-order valence-corrected chi connectivity index (χ0v) is 14.0. The maximum Gasteiger partial charge on any atom is 0.319 e. The highest BCUT2D eigenvalue weighted by Crippen LogP contribution is 2.26. The molecule has 1 aromatic heterocycles. The minimum absolute atomic E-state index is 0.0273. The summed E-state index contributed by atoms with van der Waals surface area (Å²) in [5, 5.41) is 16.8. The second kappa shape index (κ2) is 8.82. The molecule has 0 aliphatic heterocycles. The minimum atomic E-state index is -0.240. The van der Waals surface area contributed by atoms with Gasteiger partial charge in [0.2, 0.25) is 0 Å². The fourth-order valence-corrected chi connectivity index (χ4v) is 3.48. The number of hydrogen-bond donors (Lipinski definition) is 3. The summed E-state index contributed by atoms with van der Waals surface area (Å²) >= 11 is 3.32. The van der Waals surface area contributed by atoms with Crippen LogP contribution in [0.25, 0.3) is 10.4 Å². The van der Waals surface area contributed by atoms with Crippen LogP contribution in [0.15, 0.2) is 41.8 Å². The second-order valence-electron chi connectivity index (χ2n) is 4.82. The van der Waals surface area contributed by atoms with E-state index in [1.54, 1.807) is 23.1 Å².